The second-order valence-electron chi connectivity index (χ2n) is 8.97. The highest BCUT2D eigenvalue weighted by Gasteiger charge is 2.23. The van der Waals surface area contributed by atoms with Gasteiger partial charge in [-0.2, -0.15) is 5.10 Å². The van der Waals surface area contributed by atoms with Crippen LogP contribution in [0.1, 0.15) is 30.1 Å². The van der Waals surface area contributed by atoms with Crippen LogP contribution in [0, 0.1) is 0 Å². The number of pyridine rings is 1. The molecule has 1 N–H and O–H groups in total. The molecule has 1 aromatic carbocycles. The predicted octanol–water partition coefficient (Wildman–Crippen LogP) is 2.37. The van der Waals surface area contributed by atoms with Crippen molar-refractivity contribution >= 4 is 29.4 Å². The Bertz CT molecular complexity index is 1310. The first-order valence-electron chi connectivity index (χ1n) is 12.0. The Kier molecular flexibility index (Phi) is 7.45. The first-order valence-corrected chi connectivity index (χ1v) is 12.0. The van der Waals surface area contributed by atoms with Crippen molar-refractivity contribution in [1.82, 2.24) is 24.4 Å². The van der Waals surface area contributed by atoms with E-state index < -0.39 is 0 Å². The molecule has 0 bridgehead atoms. The van der Waals surface area contributed by atoms with Gasteiger partial charge in [-0.15, -0.1) is 0 Å². The van der Waals surface area contributed by atoms with Gasteiger partial charge in [0.05, 0.1) is 12.1 Å². The number of amides is 2. The molecule has 1 aliphatic heterocycles. The number of aryl methyl sites for hydroxylation is 1. The van der Waals surface area contributed by atoms with E-state index in [9.17, 15) is 9.59 Å². The number of carbonyl (C=O) groups excluding carboxylic acids is 2. The Balaban J connectivity index is 1.69. The zero-order valence-electron chi connectivity index (χ0n) is 20.7. The van der Waals surface area contributed by atoms with Gasteiger partial charge in [0.1, 0.15) is 6.67 Å². The van der Waals surface area contributed by atoms with Gasteiger partial charge >= 0.3 is 0 Å². The molecule has 0 radical (unpaired) electrons. The minimum absolute atomic E-state index is 0.0998. The Morgan fingerprint density at radius 1 is 1.11 bits per heavy atom. The van der Waals surface area contributed by atoms with E-state index in [2.05, 4.69) is 51.8 Å². The smallest absolute Gasteiger partial charge is 0.256 e. The number of hydrogen-bond acceptors (Lipinski definition) is 5. The topological polar surface area (TPSA) is 87.2 Å². The second kappa shape index (κ2) is 10.7. The Morgan fingerprint density at radius 3 is 2.54 bits per heavy atom. The van der Waals surface area contributed by atoms with Crippen LogP contribution in [0.4, 0.5) is 0 Å². The van der Waals surface area contributed by atoms with Crippen LogP contribution in [0.2, 0.25) is 0 Å². The van der Waals surface area contributed by atoms with Crippen LogP contribution in [0.5, 0.6) is 0 Å². The number of carbonyl (C=O) groups is 2. The number of benzene rings is 1. The van der Waals surface area contributed by atoms with Gasteiger partial charge in [-0.25, -0.2) is 9.67 Å². The lowest BCUT2D eigenvalue weighted by Crippen LogP contribution is -2.34. The molecule has 4 rings (SSSR count). The molecule has 1 aliphatic rings. The molecule has 9 nitrogen and oxygen atoms in total. The Morgan fingerprint density at radius 2 is 1.86 bits per heavy atom. The number of nitrogens with one attached hydrogen (secondary N) is 1. The maximum absolute atomic E-state index is 13.3. The molecule has 0 spiro atoms. The van der Waals surface area contributed by atoms with Crippen molar-refractivity contribution in [3.05, 3.63) is 53.8 Å². The van der Waals surface area contributed by atoms with Gasteiger partial charge in [0.15, 0.2) is 5.49 Å². The summed E-state index contributed by atoms with van der Waals surface area (Å²) in [7, 11) is 3.68. The van der Waals surface area contributed by atoms with Crippen molar-refractivity contribution in [2.45, 2.75) is 26.3 Å². The summed E-state index contributed by atoms with van der Waals surface area (Å²) in [5, 5.41) is 7.73. The first kappa shape index (κ1) is 24.4. The number of hydrogen-bond donors (Lipinski definition) is 1. The van der Waals surface area contributed by atoms with E-state index in [1.807, 2.05) is 37.3 Å². The van der Waals surface area contributed by atoms with Crippen LogP contribution in [0.3, 0.4) is 0 Å². The average Bonchev–Trinajstić information content (AvgIpc) is 3.51. The largest absolute Gasteiger partial charge is 0.347 e. The molecule has 9 heteroatoms. The minimum atomic E-state index is -0.103. The summed E-state index contributed by atoms with van der Waals surface area (Å²) in [4.78, 5) is 33.4. The standard InChI is InChI=1S/C26H33N7O2/c1-5-31-16-22(26(35)32-11-6-7-12-32)21-14-19(8-9-23(21)31)20-10-13-33(27-2)24(15-20)28-18-29-25(34)17-30(3)4/h8-10,13-16H,2,5-7,11-12,17-18H2,1,3-4H3,(H,29,34)/b28-24-. The van der Waals surface area contributed by atoms with Crippen LogP contribution < -0.4 is 10.8 Å². The van der Waals surface area contributed by atoms with Gasteiger partial charge in [0.25, 0.3) is 5.91 Å². The molecule has 2 aromatic heterocycles. The van der Waals surface area contributed by atoms with Crippen LogP contribution in [0.15, 0.2) is 52.8 Å². The maximum Gasteiger partial charge on any atom is 0.256 e. The van der Waals surface area contributed by atoms with Crippen LogP contribution in [-0.4, -0.2) is 78.0 Å². The highest BCUT2D eigenvalue weighted by molar-refractivity contribution is 6.08. The summed E-state index contributed by atoms with van der Waals surface area (Å²) in [6, 6.07) is 10.1. The fraction of sp³-hybridized carbons (Fsp3) is 0.385. The van der Waals surface area contributed by atoms with Crippen molar-refractivity contribution in [2.75, 3.05) is 40.4 Å². The van der Waals surface area contributed by atoms with E-state index in [-0.39, 0.29) is 18.5 Å². The van der Waals surface area contributed by atoms with E-state index >= 15 is 0 Å². The fourth-order valence-corrected chi connectivity index (χ4v) is 4.45. The van der Waals surface area contributed by atoms with E-state index in [1.165, 1.54) is 0 Å². The molecule has 3 aromatic rings. The minimum Gasteiger partial charge on any atom is -0.347 e. The normalized spacial score (nSPS) is 14.2. The highest BCUT2D eigenvalue weighted by Crippen LogP contribution is 2.29. The third kappa shape index (κ3) is 5.35. The second-order valence-corrected chi connectivity index (χ2v) is 8.97. The summed E-state index contributed by atoms with van der Waals surface area (Å²) in [5.41, 5.74) is 4.28. The molecule has 1 fully saturated rings. The Labute approximate surface area is 205 Å². The van der Waals surface area contributed by atoms with Crippen molar-refractivity contribution in [3.63, 3.8) is 0 Å². The molecule has 2 amide bonds. The van der Waals surface area contributed by atoms with E-state index in [0.29, 0.717) is 12.0 Å². The van der Waals surface area contributed by atoms with E-state index in [1.54, 1.807) is 15.8 Å². The summed E-state index contributed by atoms with van der Waals surface area (Å²) in [6.07, 6.45) is 5.90. The molecule has 0 atom stereocenters. The quantitative estimate of drug-likeness (QED) is 0.508. The summed E-state index contributed by atoms with van der Waals surface area (Å²) < 4.78 is 3.69. The average molecular weight is 476 g/mol. The number of aromatic nitrogens is 2. The molecular formula is C26H33N7O2. The predicted molar refractivity (Wildman–Crippen MR) is 138 cm³/mol. The number of likely N-dealkylation sites (N-methyl/N-ethyl adjacent to an activating group) is 1. The molecule has 0 aliphatic carbocycles. The van der Waals surface area contributed by atoms with E-state index in [0.717, 1.165) is 60.1 Å². The van der Waals surface area contributed by atoms with Crippen molar-refractivity contribution < 1.29 is 9.59 Å². The van der Waals surface area contributed by atoms with Gasteiger partial charge < -0.3 is 19.7 Å². The van der Waals surface area contributed by atoms with Crippen molar-refractivity contribution in [1.29, 1.82) is 0 Å². The number of fused-ring (bicyclic) bond motifs is 1. The van der Waals surface area contributed by atoms with Gasteiger partial charge in [-0.3, -0.25) is 9.59 Å². The van der Waals surface area contributed by atoms with E-state index in [4.69, 9.17) is 0 Å². The summed E-state index contributed by atoms with van der Waals surface area (Å²) in [5.74, 6) is -0.00290. The zero-order chi connectivity index (χ0) is 24.9. The lowest BCUT2D eigenvalue weighted by Gasteiger charge is -2.14. The van der Waals surface area contributed by atoms with Crippen molar-refractivity contribution in [3.8, 4) is 11.1 Å². The third-order valence-corrected chi connectivity index (χ3v) is 6.22. The SMILES string of the molecule is C=Nn1ccc(-c2ccc3c(c2)c(C(=O)N2CCCC2)cn3CC)c/c1=N/CNC(=O)CN(C)C. The highest BCUT2D eigenvalue weighted by atomic mass is 16.2. The third-order valence-electron chi connectivity index (χ3n) is 6.22. The van der Waals surface area contributed by atoms with Crippen molar-refractivity contribution in [2.24, 2.45) is 10.1 Å². The molecule has 0 saturated carbocycles. The molecule has 0 unspecified atom stereocenters. The molecule has 184 valence electrons. The molecule has 35 heavy (non-hydrogen) atoms. The summed E-state index contributed by atoms with van der Waals surface area (Å²) >= 11 is 0. The van der Waals surface area contributed by atoms with Gasteiger partial charge in [-0.1, -0.05) is 6.07 Å². The number of nitrogens with zero attached hydrogens (tertiary/aromatic N) is 6. The monoisotopic (exact) mass is 475 g/mol. The maximum atomic E-state index is 13.3. The van der Waals surface area contributed by atoms with Gasteiger partial charge in [-0.05, 0) is 69.3 Å². The van der Waals surface area contributed by atoms with Crippen LogP contribution in [-0.2, 0) is 11.3 Å². The summed E-state index contributed by atoms with van der Waals surface area (Å²) in [6.45, 7) is 8.56. The lowest BCUT2D eigenvalue weighted by atomic mass is 10.0. The fourth-order valence-electron chi connectivity index (χ4n) is 4.45. The van der Waals surface area contributed by atoms with Crippen LogP contribution >= 0.6 is 0 Å². The number of likely N-dealkylation sites (tertiary alicyclic amines) is 1. The van der Waals surface area contributed by atoms with Crippen LogP contribution in [0.25, 0.3) is 22.0 Å². The van der Waals surface area contributed by atoms with Gasteiger partial charge in [0, 0.05) is 49.6 Å². The lowest BCUT2D eigenvalue weighted by molar-refractivity contribution is -0.121. The Hall–Kier alpha value is -3.72. The van der Waals surface area contributed by atoms with Gasteiger partial charge in [0.2, 0.25) is 5.91 Å². The number of rotatable bonds is 8. The molecule has 1 saturated heterocycles. The molecular weight excluding hydrogens is 442 g/mol. The first-order chi connectivity index (χ1) is 16.9. The zero-order valence-corrected chi connectivity index (χ0v) is 20.7. The molecule has 3 heterocycles.